The number of carbonyl (C=O) groups excluding carboxylic acids is 3. The third-order valence-electron chi connectivity index (χ3n) is 8.85. The summed E-state index contributed by atoms with van der Waals surface area (Å²) in [4.78, 5) is 41.9. The Labute approximate surface area is 279 Å². The number of carbonyl (C=O) groups is 3. The van der Waals surface area contributed by atoms with E-state index < -0.39 is 29.5 Å². The quantitative estimate of drug-likeness (QED) is 0.194. The van der Waals surface area contributed by atoms with Gasteiger partial charge in [0.05, 0.1) is 6.10 Å². The van der Waals surface area contributed by atoms with Gasteiger partial charge in [-0.2, -0.15) is 0 Å². The van der Waals surface area contributed by atoms with Gasteiger partial charge >= 0.3 is 6.03 Å². The Kier molecular flexibility index (Phi) is 12.6. The van der Waals surface area contributed by atoms with Crippen molar-refractivity contribution in [1.29, 1.82) is 0 Å². The second kappa shape index (κ2) is 16.6. The van der Waals surface area contributed by atoms with Crippen LogP contribution in [0.1, 0.15) is 62.3 Å². The highest BCUT2D eigenvalue weighted by Crippen LogP contribution is 2.28. The fraction of sp³-hybridized carbons (Fsp3) is 0.462. The topological polar surface area (TPSA) is 108 Å². The zero-order chi connectivity index (χ0) is 34.0. The fourth-order valence-corrected chi connectivity index (χ4v) is 6.54. The standard InChI is InChI=1S/C39H51N3O5/c1-27-14-12-15-28(2)35(27)47-26-33(43)24-31(22-29-16-8-6-9-17-29)34(44)25-32(23-30-18-10-7-11-19-30)41-37(45)36(39(3,4)5)42-21-13-20-40-38(42)46/h6-12,14-19,31-32,34,36,44H,13,20-26H2,1-5H3,(H,40,46)(H,41,45). The zero-order valence-electron chi connectivity index (χ0n) is 28.5. The number of aryl methyl sites for hydroxylation is 2. The van der Waals surface area contributed by atoms with Crippen LogP contribution in [-0.4, -0.2) is 65.6 Å². The zero-order valence-corrected chi connectivity index (χ0v) is 28.5. The van der Waals surface area contributed by atoms with E-state index >= 15 is 0 Å². The van der Waals surface area contributed by atoms with Crippen LogP contribution in [-0.2, 0) is 22.4 Å². The molecule has 252 valence electrons. The lowest BCUT2D eigenvalue weighted by Crippen LogP contribution is -2.61. The SMILES string of the molecule is Cc1cccc(C)c1OCC(=O)CC(Cc1ccccc1)C(O)CC(Cc1ccccc1)NC(=O)C(N1CCCNC1=O)C(C)(C)C. The molecule has 8 heteroatoms. The molecule has 1 aliphatic heterocycles. The molecule has 8 nitrogen and oxygen atoms in total. The monoisotopic (exact) mass is 641 g/mol. The minimum Gasteiger partial charge on any atom is -0.485 e. The Bertz CT molecular complexity index is 1450. The summed E-state index contributed by atoms with van der Waals surface area (Å²) in [5, 5.41) is 17.9. The van der Waals surface area contributed by atoms with Crippen LogP contribution in [0.15, 0.2) is 78.9 Å². The lowest BCUT2D eigenvalue weighted by atomic mass is 9.83. The number of hydrogen-bond acceptors (Lipinski definition) is 5. The van der Waals surface area contributed by atoms with E-state index in [0.29, 0.717) is 31.7 Å². The number of ether oxygens (including phenoxy) is 1. The van der Waals surface area contributed by atoms with Crippen molar-refractivity contribution in [2.45, 2.75) is 84.9 Å². The molecule has 4 rings (SSSR count). The summed E-state index contributed by atoms with van der Waals surface area (Å²) in [5.41, 5.74) is 3.45. The predicted octanol–water partition coefficient (Wildman–Crippen LogP) is 5.81. The molecule has 0 aromatic heterocycles. The van der Waals surface area contributed by atoms with Gasteiger partial charge in [0, 0.05) is 25.6 Å². The Balaban J connectivity index is 1.54. The van der Waals surface area contributed by atoms with Gasteiger partial charge in [-0.1, -0.05) is 99.6 Å². The smallest absolute Gasteiger partial charge is 0.318 e. The number of urea groups is 1. The largest absolute Gasteiger partial charge is 0.485 e. The number of Topliss-reactive ketones (excluding diaryl/α,β-unsaturated/α-hetero) is 1. The molecule has 1 fully saturated rings. The first-order valence-electron chi connectivity index (χ1n) is 16.7. The summed E-state index contributed by atoms with van der Waals surface area (Å²) in [6, 6.07) is 24.2. The summed E-state index contributed by atoms with van der Waals surface area (Å²) in [6.45, 7) is 10.8. The molecule has 0 spiro atoms. The van der Waals surface area contributed by atoms with Gasteiger partial charge < -0.3 is 25.4 Å². The minimum atomic E-state index is -0.889. The van der Waals surface area contributed by atoms with Gasteiger partial charge in [-0.25, -0.2) is 4.79 Å². The maximum atomic E-state index is 14.0. The highest BCUT2D eigenvalue weighted by atomic mass is 16.5. The fourth-order valence-electron chi connectivity index (χ4n) is 6.54. The molecule has 1 aliphatic rings. The molecule has 0 bridgehead atoms. The number of benzene rings is 3. The van der Waals surface area contributed by atoms with Crippen LogP contribution >= 0.6 is 0 Å². The lowest BCUT2D eigenvalue weighted by Gasteiger charge is -2.41. The van der Waals surface area contributed by atoms with Crippen LogP contribution < -0.4 is 15.4 Å². The van der Waals surface area contributed by atoms with E-state index in [0.717, 1.165) is 28.7 Å². The van der Waals surface area contributed by atoms with Gasteiger partial charge in [0.15, 0.2) is 5.78 Å². The van der Waals surface area contributed by atoms with Crippen LogP contribution in [0.2, 0.25) is 0 Å². The van der Waals surface area contributed by atoms with Crippen molar-refractivity contribution in [3.63, 3.8) is 0 Å². The summed E-state index contributed by atoms with van der Waals surface area (Å²) >= 11 is 0. The molecule has 3 amide bonds. The highest BCUT2D eigenvalue weighted by molar-refractivity contribution is 5.88. The first-order chi connectivity index (χ1) is 22.4. The van der Waals surface area contributed by atoms with Crippen LogP contribution in [0, 0.1) is 25.2 Å². The summed E-state index contributed by atoms with van der Waals surface area (Å²) < 4.78 is 5.97. The molecule has 3 aromatic rings. The van der Waals surface area contributed by atoms with E-state index in [1.165, 1.54) is 0 Å². The van der Waals surface area contributed by atoms with Gasteiger partial charge in [-0.3, -0.25) is 9.59 Å². The summed E-state index contributed by atoms with van der Waals surface area (Å²) in [6.07, 6.45) is 1.24. The van der Waals surface area contributed by atoms with Crippen molar-refractivity contribution in [2.24, 2.45) is 11.3 Å². The van der Waals surface area contributed by atoms with Crippen molar-refractivity contribution in [3.05, 3.63) is 101 Å². The molecule has 47 heavy (non-hydrogen) atoms. The van der Waals surface area contributed by atoms with E-state index in [1.54, 1.807) is 4.90 Å². The number of nitrogens with zero attached hydrogens (tertiary/aromatic N) is 1. The molecule has 1 heterocycles. The van der Waals surface area contributed by atoms with Crippen molar-refractivity contribution in [3.8, 4) is 5.75 Å². The average Bonchev–Trinajstić information content (AvgIpc) is 3.02. The Hall–Kier alpha value is -4.17. The highest BCUT2D eigenvalue weighted by Gasteiger charge is 2.41. The Morgan fingerprint density at radius 2 is 1.51 bits per heavy atom. The van der Waals surface area contributed by atoms with Gasteiger partial charge in [0.25, 0.3) is 0 Å². The first kappa shape index (κ1) is 35.7. The van der Waals surface area contributed by atoms with Gasteiger partial charge in [-0.15, -0.1) is 0 Å². The van der Waals surface area contributed by atoms with E-state index in [4.69, 9.17) is 4.74 Å². The van der Waals surface area contributed by atoms with Crippen molar-refractivity contribution in [2.75, 3.05) is 19.7 Å². The third kappa shape index (κ3) is 10.4. The van der Waals surface area contributed by atoms with E-state index in [1.807, 2.05) is 113 Å². The summed E-state index contributed by atoms with van der Waals surface area (Å²) in [7, 11) is 0. The van der Waals surface area contributed by atoms with Gasteiger partial charge in [-0.05, 0) is 73.1 Å². The van der Waals surface area contributed by atoms with E-state index in [9.17, 15) is 19.5 Å². The van der Waals surface area contributed by atoms with E-state index in [-0.39, 0.29) is 37.2 Å². The number of hydrogen-bond donors (Lipinski definition) is 3. The molecule has 3 aromatic carbocycles. The molecule has 4 atom stereocenters. The van der Waals surface area contributed by atoms with Gasteiger partial charge in [0.2, 0.25) is 5.91 Å². The van der Waals surface area contributed by atoms with Crippen LogP contribution in [0.5, 0.6) is 5.75 Å². The molecule has 4 unspecified atom stereocenters. The lowest BCUT2D eigenvalue weighted by molar-refractivity contribution is -0.130. The maximum absolute atomic E-state index is 14.0. The number of para-hydroxylation sites is 1. The van der Waals surface area contributed by atoms with Gasteiger partial charge in [0.1, 0.15) is 18.4 Å². The normalized spacial score (nSPS) is 16.0. The second-order valence-electron chi connectivity index (χ2n) is 13.9. The second-order valence-corrected chi connectivity index (χ2v) is 13.9. The number of amides is 3. The minimum absolute atomic E-state index is 0.0843. The first-order valence-corrected chi connectivity index (χ1v) is 16.7. The predicted molar refractivity (Wildman–Crippen MR) is 185 cm³/mol. The molecular weight excluding hydrogens is 590 g/mol. The van der Waals surface area contributed by atoms with Crippen molar-refractivity contribution >= 4 is 17.7 Å². The number of nitrogens with one attached hydrogen (secondary N) is 2. The van der Waals surface area contributed by atoms with E-state index in [2.05, 4.69) is 10.6 Å². The maximum Gasteiger partial charge on any atom is 0.318 e. The van der Waals surface area contributed by atoms with Crippen LogP contribution in [0.3, 0.4) is 0 Å². The third-order valence-corrected chi connectivity index (χ3v) is 8.85. The van der Waals surface area contributed by atoms with Crippen LogP contribution in [0.25, 0.3) is 0 Å². The van der Waals surface area contributed by atoms with Crippen molar-refractivity contribution in [1.82, 2.24) is 15.5 Å². The molecule has 0 aliphatic carbocycles. The van der Waals surface area contributed by atoms with Crippen molar-refractivity contribution < 1.29 is 24.2 Å². The number of aliphatic hydroxyl groups is 1. The Morgan fingerprint density at radius 1 is 0.915 bits per heavy atom. The number of aliphatic hydroxyl groups excluding tert-OH is 1. The molecule has 1 saturated heterocycles. The molecular formula is C39H51N3O5. The number of ketones is 1. The molecule has 0 saturated carbocycles. The summed E-state index contributed by atoms with van der Waals surface area (Å²) in [5.74, 6) is -0.0316. The Morgan fingerprint density at radius 3 is 2.09 bits per heavy atom. The number of rotatable bonds is 15. The molecule has 3 N–H and O–H groups in total. The molecule has 0 radical (unpaired) electrons. The average molecular weight is 642 g/mol. The van der Waals surface area contributed by atoms with Crippen LogP contribution in [0.4, 0.5) is 4.79 Å².